The molecule has 0 aliphatic carbocycles. The van der Waals surface area contributed by atoms with Crippen LogP contribution in [0.15, 0.2) is 12.5 Å². The Morgan fingerprint density at radius 1 is 1.50 bits per heavy atom. The largest absolute Gasteiger partial charge is 0.348 e. The molecule has 0 unspecified atom stereocenters. The Morgan fingerprint density at radius 2 is 2.25 bits per heavy atom. The minimum absolute atomic E-state index is 0.193. The number of rotatable bonds is 1. The van der Waals surface area contributed by atoms with Crippen LogP contribution in [-0.4, -0.2) is 29.2 Å². The van der Waals surface area contributed by atoms with Crippen molar-refractivity contribution in [2.45, 2.75) is 6.17 Å². The maximum Gasteiger partial charge on any atom is 0.183 e. The summed E-state index contributed by atoms with van der Waals surface area (Å²) < 4.78 is 25.3. The summed E-state index contributed by atoms with van der Waals surface area (Å²) in [4.78, 5) is 8.75. The predicted molar refractivity (Wildman–Crippen MR) is 39.1 cm³/mol. The van der Waals surface area contributed by atoms with Gasteiger partial charge in [-0.05, 0) is 0 Å². The first-order valence-corrected chi connectivity index (χ1v) is 3.62. The molecule has 12 heavy (non-hydrogen) atoms. The van der Waals surface area contributed by atoms with Gasteiger partial charge in [-0.25, -0.2) is 18.7 Å². The molecular formula is C7H7F2N3. The van der Waals surface area contributed by atoms with Crippen LogP contribution in [0.25, 0.3) is 0 Å². The fourth-order valence-corrected chi connectivity index (χ4v) is 1.14. The molecule has 0 amide bonds. The number of hydrogen-bond donors (Lipinski definition) is 0. The summed E-state index contributed by atoms with van der Waals surface area (Å²) in [6.07, 6.45) is 1.48. The van der Waals surface area contributed by atoms with Crippen LogP contribution < -0.4 is 4.90 Å². The molecule has 1 aromatic rings. The zero-order valence-corrected chi connectivity index (χ0v) is 6.24. The Bertz CT molecular complexity index is 286. The Labute approximate surface area is 68.1 Å². The Balaban J connectivity index is 2.18. The summed E-state index contributed by atoms with van der Waals surface area (Å²) in [6, 6.07) is 0. The summed E-state index contributed by atoms with van der Waals surface area (Å²) in [6.45, 7) is 0.460. The highest BCUT2D eigenvalue weighted by Crippen LogP contribution is 2.21. The quantitative estimate of drug-likeness (QED) is 0.625. The van der Waals surface area contributed by atoms with Crippen LogP contribution in [0.3, 0.4) is 0 Å². The van der Waals surface area contributed by atoms with Crippen LogP contribution in [0.2, 0.25) is 0 Å². The number of aromatic nitrogens is 2. The molecule has 3 nitrogen and oxygen atoms in total. The molecule has 1 saturated heterocycles. The van der Waals surface area contributed by atoms with Gasteiger partial charge in [-0.2, -0.15) is 0 Å². The molecule has 5 heteroatoms. The van der Waals surface area contributed by atoms with Gasteiger partial charge in [-0.15, -0.1) is 0 Å². The van der Waals surface area contributed by atoms with Crippen molar-refractivity contribution in [2.75, 3.05) is 18.0 Å². The molecule has 1 aromatic heterocycles. The van der Waals surface area contributed by atoms with Gasteiger partial charge in [-0.3, -0.25) is 0 Å². The first kappa shape index (κ1) is 7.39. The maximum atomic E-state index is 12.9. The van der Waals surface area contributed by atoms with Gasteiger partial charge < -0.3 is 4.90 Å². The average Bonchev–Trinajstić information content (AvgIpc) is 2.01. The minimum atomic E-state index is -0.848. The van der Waals surface area contributed by atoms with Crippen LogP contribution in [-0.2, 0) is 0 Å². The molecule has 1 aliphatic rings. The molecule has 64 valence electrons. The molecule has 0 saturated carbocycles. The number of alkyl halides is 1. The van der Waals surface area contributed by atoms with E-state index in [0.29, 0.717) is 0 Å². The van der Waals surface area contributed by atoms with Gasteiger partial charge >= 0.3 is 0 Å². The number of nitrogens with zero attached hydrogens (tertiary/aromatic N) is 3. The Kier molecular flexibility index (Phi) is 1.64. The first-order chi connectivity index (χ1) is 5.77. The summed E-state index contributed by atoms with van der Waals surface area (Å²) in [5.41, 5.74) is 0. The Hall–Kier alpha value is -1.26. The molecule has 2 heterocycles. The molecule has 0 N–H and O–H groups in total. The number of hydrogen-bond acceptors (Lipinski definition) is 3. The smallest absolute Gasteiger partial charge is 0.183 e. The van der Waals surface area contributed by atoms with Crippen LogP contribution in [0.5, 0.6) is 0 Å². The van der Waals surface area contributed by atoms with Crippen molar-refractivity contribution in [2.24, 2.45) is 0 Å². The lowest BCUT2D eigenvalue weighted by atomic mass is 10.2. The van der Waals surface area contributed by atoms with E-state index in [4.69, 9.17) is 0 Å². The van der Waals surface area contributed by atoms with Crippen molar-refractivity contribution in [3.63, 3.8) is 0 Å². The van der Waals surface area contributed by atoms with E-state index >= 15 is 0 Å². The average molecular weight is 171 g/mol. The van der Waals surface area contributed by atoms with Crippen molar-refractivity contribution >= 4 is 5.82 Å². The molecule has 0 radical (unpaired) electrons. The van der Waals surface area contributed by atoms with Crippen molar-refractivity contribution < 1.29 is 8.78 Å². The molecule has 1 fully saturated rings. The van der Waals surface area contributed by atoms with Gasteiger partial charge in [-0.1, -0.05) is 0 Å². The molecule has 0 bridgehead atoms. The molecule has 0 spiro atoms. The third-order valence-corrected chi connectivity index (χ3v) is 1.78. The first-order valence-electron chi connectivity index (χ1n) is 3.62. The van der Waals surface area contributed by atoms with Crippen LogP contribution in [0.4, 0.5) is 14.6 Å². The molecular weight excluding hydrogens is 164 g/mol. The second kappa shape index (κ2) is 2.66. The fraction of sp³-hybridized carbons (Fsp3) is 0.429. The van der Waals surface area contributed by atoms with Crippen molar-refractivity contribution in [1.29, 1.82) is 0 Å². The van der Waals surface area contributed by atoms with Crippen LogP contribution >= 0.6 is 0 Å². The second-order valence-corrected chi connectivity index (χ2v) is 2.70. The topological polar surface area (TPSA) is 29.0 Å². The lowest BCUT2D eigenvalue weighted by molar-refractivity contribution is 0.271. The van der Waals surface area contributed by atoms with Crippen molar-refractivity contribution in [3.05, 3.63) is 18.3 Å². The van der Waals surface area contributed by atoms with Gasteiger partial charge in [0.25, 0.3) is 0 Å². The normalized spacial score (nSPS) is 17.7. The van der Waals surface area contributed by atoms with Crippen LogP contribution in [0.1, 0.15) is 0 Å². The molecule has 0 atom stereocenters. The standard InChI is InChI=1S/C7H7F2N3/c8-5-2-12(3-5)7-6(9)1-10-4-11-7/h1,4-5H,2-3H2. The highest BCUT2D eigenvalue weighted by molar-refractivity contribution is 5.41. The van der Waals surface area contributed by atoms with Crippen LogP contribution in [0, 0.1) is 5.82 Å². The molecule has 0 aromatic carbocycles. The molecule has 1 aliphatic heterocycles. The van der Waals surface area contributed by atoms with E-state index in [1.165, 1.54) is 6.33 Å². The van der Waals surface area contributed by atoms with E-state index in [9.17, 15) is 8.78 Å². The summed E-state index contributed by atoms with van der Waals surface area (Å²) >= 11 is 0. The van der Waals surface area contributed by atoms with E-state index in [0.717, 1.165) is 6.20 Å². The van der Waals surface area contributed by atoms with Crippen molar-refractivity contribution in [1.82, 2.24) is 9.97 Å². The number of halogens is 2. The Morgan fingerprint density at radius 3 is 2.83 bits per heavy atom. The van der Waals surface area contributed by atoms with E-state index in [1.807, 2.05) is 0 Å². The monoisotopic (exact) mass is 171 g/mol. The fourth-order valence-electron chi connectivity index (χ4n) is 1.14. The highest BCUT2D eigenvalue weighted by atomic mass is 19.1. The lowest BCUT2D eigenvalue weighted by Crippen LogP contribution is -2.49. The van der Waals surface area contributed by atoms with E-state index in [1.54, 1.807) is 4.90 Å². The highest BCUT2D eigenvalue weighted by Gasteiger charge is 2.28. The summed E-state index contributed by atoms with van der Waals surface area (Å²) in [7, 11) is 0. The summed E-state index contributed by atoms with van der Waals surface area (Å²) in [5.74, 6) is -0.302. The van der Waals surface area contributed by atoms with E-state index < -0.39 is 12.0 Å². The molecule has 2 rings (SSSR count). The second-order valence-electron chi connectivity index (χ2n) is 2.70. The summed E-state index contributed by atoms with van der Waals surface area (Å²) in [5, 5.41) is 0. The van der Waals surface area contributed by atoms with Gasteiger partial charge in [0.05, 0.1) is 19.3 Å². The lowest BCUT2D eigenvalue weighted by Gasteiger charge is -2.35. The SMILES string of the molecule is Fc1cncnc1N1CC(F)C1. The zero-order chi connectivity index (χ0) is 8.55. The van der Waals surface area contributed by atoms with E-state index in [2.05, 4.69) is 9.97 Å². The van der Waals surface area contributed by atoms with Gasteiger partial charge in [0.1, 0.15) is 12.5 Å². The minimum Gasteiger partial charge on any atom is -0.348 e. The third-order valence-electron chi connectivity index (χ3n) is 1.78. The van der Waals surface area contributed by atoms with Gasteiger partial charge in [0.2, 0.25) is 0 Å². The van der Waals surface area contributed by atoms with Gasteiger partial charge in [0.15, 0.2) is 11.6 Å². The van der Waals surface area contributed by atoms with Crippen molar-refractivity contribution in [3.8, 4) is 0 Å². The number of anilines is 1. The predicted octanol–water partition coefficient (Wildman–Crippen LogP) is 0.774. The zero-order valence-electron chi connectivity index (χ0n) is 6.24. The third kappa shape index (κ3) is 1.11. The maximum absolute atomic E-state index is 12.9. The van der Waals surface area contributed by atoms with E-state index in [-0.39, 0.29) is 18.9 Å². The van der Waals surface area contributed by atoms with Gasteiger partial charge in [0, 0.05) is 0 Å².